The number of likely N-dealkylation sites (tertiary alicyclic amines) is 1. The molecule has 8 nitrogen and oxygen atoms in total. The molecule has 1 unspecified atom stereocenters. The van der Waals surface area contributed by atoms with E-state index in [4.69, 9.17) is 9.94 Å². The highest BCUT2D eigenvalue weighted by Crippen LogP contribution is 2.19. The first-order valence-corrected chi connectivity index (χ1v) is 11.8. The molecule has 1 aromatic heterocycles. The van der Waals surface area contributed by atoms with Crippen molar-refractivity contribution in [3.8, 4) is 17.0 Å². The Kier molecular flexibility index (Phi) is 8.43. The average molecular weight is 475 g/mol. The normalized spacial score (nSPS) is 14.7. The summed E-state index contributed by atoms with van der Waals surface area (Å²) in [5, 5.41) is 11.9. The van der Waals surface area contributed by atoms with Crippen molar-refractivity contribution in [3.63, 3.8) is 0 Å². The molecule has 1 aliphatic rings. The zero-order chi connectivity index (χ0) is 24.5. The molecule has 0 spiro atoms. The first kappa shape index (κ1) is 24.4. The van der Waals surface area contributed by atoms with Gasteiger partial charge in [0.1, 0.15) is 18.4 Å². The number of hydrogen-bond acceptors (Lipinski definition) is 6. The van der Waals surface area contributed by atoms with Gasteiger partial charge < -0.3 is 10.1 Å². The third kappa shape index (κ3) is 6.65. The summed E-state index contributed by atoms with van der Waals surface area (Å²) in [4.78, 5) is 31.2. The van der Waals surface area contributed by atoms with Gasteiger partial charge in [-0.1, -0.05) is 36.8 Å². The molecule has 1 aliphatic heterocycles. The van der Waals surface area contributed by atoms with Crippen LogP contribution in [0.25, 0.3) is 11.3 Å². The van der Waals surface area contributed by atoms with E-state index in [9.17, 15) is 9.59 Å². The molecule has 3 aromatic rings. The van der Waals surface area contributed by atoms with Gasteiger partial charge in [-0.25, -0.2) is 5.48 Å². The predicted molar refractivity (Wildman–Crippen MR) is 132 cm³/mol. The van der Waals surface area contributed by atoms with Crippen LogP contribution in [0.2, 0.25) is 0 Å². The zero-order valence-corrected chi connectivity index (χ0v) is 19.5. The fourth-order valence-corrected chi connectivity index (χ4v) is 4.18. The van der Waals surface area contributed by atoms with E-state index in [1.807, 2.05) is 47.4 Å². The molecule has 0 bridgehead atoms. The Balaban J connectivity index is 1.31. The second-order valence-corrected chi connectivity index (χ2v) is 8.53. The molecule has 0 saturated carbocycles. The monoisotopic (exact) mass is 474 g/mol. The van der Waals surface area contributed by atoms with Crippen LogP contribution in [0.5, 0.6) is 5.75 Å². The van der Waals surface area contributed by atoms with E-state index in [2.05, 4.69) is 10.3 Å². The maximum Gasteiger partial charge on any atom is 0.262 e. The summed E-state index contributed by atoms with van der Waals surface area (Å²) < 4.78 is 5.89. The second-order valence-electron chi connectivity index (χ2n) is 8.53. The van der Waals surface area contributed by atoms with Crippen molar-refractivity contribution in [2.45, 2.75) is 31.9 Å². The molecule has 0 radical (unpaired) electrons. The minimum atomic E-state index is -0.604. The van der Waals surface area contributed by atoms with Gasteiger partial charge in [0.05, 0.1) is 5.69 Å². The largest absolute Gasteiger partial charge is 0.489 e. The second kappa shape index (κ2) is 12.1. The number of amides is 2. The van der Waals surface area contributed by atoms with Crippen molar-refractivity contribution >= 4 is 11.8 Å². The highest BCUT2D eigenvalue weighted by Gasteiger charge is 2.27. The lowest BCUT2D eigenvalue weighted by atomic mass is 10.1. The minimum absolute atomic E-state index is 0.120. The fraction of sp³-hybridized carbons (Fsp3) is 0.296. The average Bonchev–Trinajstić information content (AvgIpc) is 2.93. The summed E-state index contributed by atoms with van der Waals surface area (Å²) >= 11 is 0. The van der Waals surface area contributed by atoms with Gasteiger partial charge in [-0.05, 0) is 67.9 Å². The van der Waals surface area contributed by atoms with E-state index >= 15 is 0 Å². The molecule has 3 N–H and O–H groups in total. The van der Waals surface area contributed by atoms with Crippen LogP contribution in [-0.4, -0.2) is 52.6 Å². The van der Waals surface area contributed by atoms with E-state index in [-0.39, 0.29) is 12.5 Å². The zero-order valence-electron chi connectivity index (χ0n) is 19.5. The van der Waals surface area contributed by atoms with E-state index < -0.39 is 11.9 Å². The SMILES string of the molecule is O=C(NCC(C(=O)NO)N1CCCCC1)c1ccc(OCc2ccnc(-c3ccccc3)c2)cc1. The number of hydroxylamine groups is 1. The van der Waals surface area contributed by atoms with Gasteiger partial charge in [-0.15, -0.1) is 0 Å². The Morgan fingerprint density at radius 1 is 1.00 bits per heavy atom. The number of ether oxygens (including phenoxy) is 1. The maximum atomic E-state index is 12.6. The number of nitrogens with one attached hydrogen (secondary N) is 2. The fourth-order valence-electron chi connectivity index (χ4n) is 4.18. The molecule has 2 heterocycles. The highest BCUT2D eigenvalue weighted by atomic mass is 16.5. The van der Waals surface area contributed by atoms with Crippen LogP contribution in [0.3, 0.4) is 0 Å². The van der Waals surface area contributed by atoms with E-state index in [1.54, 1.807) is 35.9 Å². The van der Waals surface area contributed by atoms with Crippen LogP contribution in [0.15, 0.2) is 72.9 Å². The number of carbonyl (C=O) groups is 2. The van der Waals surface area contributed by atoms with Gasteiger partial charge in [0.2, 0.25) is 0 Å². The molecule has 8 heteroatoms. The van der Waals surface area contributed by atoms with Gasteiger partial charge in [0.25, 0.3) is 11.8 Å². The van der Waals surface area contributed by atoms with E-state index in [1.165, 1.54) is 0 Å². The standard InChI is InChI=1S/C27H30N4O4/c32-26(29-18-25(27(33)30-34)31-15-5-2-6-16-31)22-9-11-23(12-10-22)35-19-20-13-14-28-24(17-20)21-7-3-1-4-8-21/h1,3-4,7-14,17,25,34H,2,5-6,15-16,18-19H2,(H,29,32)(H,30,33). The summed E-state index contributed by atoms with van der Waals surface area (Å²) in [6.07, 6.45) is 4.89. The van der Waals surface area contributed by atoms with Crippen LogP contribution in [0.4, 0.5) is 0 Å². The lowest BCUT2D eigenvalue weighted by Crippen LogP contribution is -2.53. The summed E-state index contributed by atoms with van der Waals surface area (Å²) in [6, 6.07) is 20.1. The highest BCUT2D eigenvalue weighted by molar-refractivity contribution is 5.94. The van der Waals surface area contributed by atoms with Gasteiger partial charge in [0, 0.05) is 23.9 Å². The number of carbonyl (C=O) groups excluding carboxylic acids is 2. The number of piperidine rings is 1. The summed E-state index contributed by atoms with van der Waals surface area (Å²) in [6.45, 7) is 2.03. The van der Waals surface area contributed by atoms with Gasteiger partial charge in [0.15, 0.2) is 0 Å². The Morgan fingerprint density at radius 3 is 2.46 bits per heavy atom. The topological polar surface area (TPSA) is 104 Å². The molecule has 1 atom stereocenters. The van der Waals surface area contributed by atoms with Crippen molar-refractivity contribution in [2.24, 2.45) is 0 Å². The lowest BCUT2D eigenvalue weighted by Gasteiger charge is -2.33. The first-order valence-electron chi connectivity index (χ1n) is 11.8. The predicted octanol–water partition coefficient (Wildman–Crippen LogP) is 3.42. The molecule has 4 rings (SSSR count). The quantitative estimate of drug-likeness (QED) is 0.324. The number of nitrogens with zero attached hydrogens (tertiary/aromatic N) is 2. The number of pyridine rings is 1. The van der Waals surface area contributed by atoms with E-state index in [0.29, 0.717) is 17.9 Å². The van der Waals surface area contributed by atoms with Crippen molar-refractivity contribution in [3.05, 3.63) is 84.1 Å². The Labute approximate surface area is 204 Å². The molecule has 0 aliphatic carbocycles. The third-order valence-electron chi connectivity index (χ3n) is 6.12. The summed E-state index contributed by atoms with van der Waals surface area (Å²) in [5.41, 5.74) is 5.11. The van der Waals surface area contributed by atoms with Crippen LogP contribution >= 0.6 is 0 Å². The van der Waals surface area contributed by atoms with Crippen molar-refractivity contribution < 1.29 is 19.5 Å². The number of hydrogen-bond donors (Lipinski definition) is 3. The molecule has 2 aromatic carbocycles. The smallest absolute Gasteiger partial charge is 0.262 e. The molecule has 1 fully saturated rings. The molecule has 182 valence electrons. The molecular formula is C27H30N4O4. The van der Waals surface area contributed by atoms with Crippen molar-refractivity contribution in [1.29, 1.82) is 0 Å². The van der Waals surface area contributed by atoms with Crippen molar-refractivity contribution in [1.82, 2.24) is 20.7 Å². The number of benzene rings is 2. The molecule has 1 saturated heterocycles. The summed E-state index contributed by atoms with van der Waals surface area (Å²) in [5.74, 6) is -0.154. The van der Waals surface area contributed by atoms with Crippen molar-refractivity contribution in [2.75, 3.05) is 19.6 Å². The molecule has 2 amide bonds. The molecular weight excluding hydrogens is 444 g/mol. The third-order valence-corrected chi connectivity index (χ3v) is 6.12. The minimum Gasteiger partial charge on any atom is -0.489 e. The van der Waals surface area contributed by atoms with Gasteiger partial charge >= 0.3 is 0 Å². The number of aromatic nitrogens is 1. The Bertz CT molecular complexity index is 1120. The summed E-state index contributed by atoms with van der Waals surface area (Å²) in [7, 11) is 0. The van der Waals surface area contributed by atoms with Crippen LogP contribution in [0, 0.1) is 0 Å². The van der Waals surface area contributed by atoms with Gasteiger partial charge in [-0.2, -0.15) is 0 Å². The molecule has 35 heavy (non-hydrogen) atoms. The maximum absolute atomic E-state index is 12.6. The first-order chi connectivity index (χ1) is 17.1. The van der Waals surface area contributed by atoms with Crippen LogP contribution < -0.4 is 15.5 Å². The number of rotatable bonds is 9. The van der Waals surface area contributed by atoms with E-state index in [0.717, 1.165) is 49.2 Å². The van der Waals surface area contributed by atoms with Gasteiger partial charge in [-0.3, -0.25) is 24.7 Å². The van der Waals surface area contributed by atoms with Crippen LogP contribution in [0.1, 0.15) is 35.2 Å². The lowest BCUT2D eigenvalue weighted by molar-refractivity contribution is -0.135. The Hall–Kier alpha value is -3.75. The Morgan fingerprint density at radius 2 is 1.74 bits per heavy atom. The van der Waals surface area contributed by atoms with Crippen LogP contribution in [-0.2, 0) is 11.4 Å².